The van der Waals surface area contributed by atoms with Crippen molar-refractivity contribution in [3.8, 4) is 11.5 Å². The highest BCUT2D eigenvalue weighted by Crippen LogP contribution is 2.40. The number of ether oxygens (including phenoxy) is 1. The van der Waals surface area contributed by atoms with Gasteiger partial charge in [-0.25, -0.2) is 0 Å². The summed E-state index contributed by atoms with van der Waals surface area (Å²) in [7, 11) is 2.10. The first-order chi connectivity index (χ1) is 14.7. The lowest BCUT2D eigenvalue weighted by Crippen LogP contribution is -2.42. The van der Waals surface area contributed by atoms with E-state index in [4.69, 9.17) is 16.3 Å². The van der Waals surface area contributed by atoms with Crippen LogP contribution < -0.4 is 9.64 Å². The van der Waals surface area contributed by atoms with Crippen molar-refractivity contribution in [3.63, 3.8) is 0 Å². The van der Waals surface area contributed by atoms with Gasteiger partial charge in [0, 0.05) is 30.1 Å². The van der Waals surface area contributed by atoms with Crippen molar-refractivity contribution in [1.82, 2.24) is 0 Å². The summed E-state index contributed by atoms with van der Waals surface area (Å²) in [5, 5.41) is 0.694. The average molecular weight is 431 g/mol. The van der Waals surface area contributed by atoms with Crippen LogP contribution in [0, 0.1) is 6.92 Å². The van der Waals surface area contributed by atoms with E-state index in [9.17, 15) is 0 Å². The molecule has 1 heterocycles. The minimum absolute atomic E-state index is 0.0435. The van der Waals surface area contributed by atoms with Crippen molar-refractivity contribution >= 4 is 34.8 Å². The highest BCUT2D eigenvalue weighted by atomic mass is 35.5. The van der Waals surface area contributed by atoms with E-state index in [1.165, 1.54) is 11.1 Å². The Morgan fingerprint density at radius 3 is 2.42 bits per heavy atom. The van der Waals surface area contributed by atoms with E-state index in [1.54, 1.807) is 0 Å². The van der Waals surface area contributed by atoms with Crippen molar-refractivity contribution in [3.05, 3.63) is 88.5 Å². The van der Waals surface area contributed by atoms with Gasteiger partial charge < -0.3 is 9.64 Å². The summed E-state index contributed by atoms with van der Waals surface area (Å²) in [5.74, 6) is 1.64. The molecule has 0 aromatic heterocycles. The first-order valence-electron chi connectivity index (χ1n) is 10.4. The minimum atomic E-state index is -0.0435. The third-order valence-electron chi connectivity index (χ3n) is 5.85. The fraction of sp³-hybridized carbons (Fsp3) is 0.222. The number of likely N-dealkylation sites (N-methyl/N-ethyl adjacent to an activating group) is 1. The van der Waals surface area contributed by atoms with Crippen molar-refractivity contribution in [2.45, 2.75) is 33.2 Å². The van der Waals surface area contributed by atoms with Gasteiger partial charge in [-0.2, -0.15) is 0 Å². The van der Waals surface area contributed by atoms with Gasteiger partial charge in [0.25, 0.3) is 0 Å². The summed E-state index contributed by atoms with van der Waals surface area (Å²) in [4.78, 5) is 6.89. The Hall–Kier alpha value is -3.04. The summed E-state index contributed by atoms with van der Waals surface area (Å²) >= 11 is 6.61. The van der Waals surface area contributed by atoms with Crippen LogP contribution in [0.2, 0.25) is 5.02 Å². The summed E-state index contributed by atoms with van der Waals surface area (Å²) in [6, 6.07) is 19.9. The second kappa shape index (κ2) is 8.24. The molecule has 1 aliphatic rings. The molecular formula is C27H27ClN2O. The van der Waals surface area contributed by atoms with Crippen molar-refractivity contribution in [2.75, 3.05) is 11.9 Å². The smallest absolute Gasteiger partial charge is 0.130 e. The number of benzene rings is 3. The molecule has 4 rings (SSSR count). The third kappa shape index (κ3) is 4.38. The number of anilines is 1. The molecule has 158 valence electrons. The van der Waals surface area contributed by atoms with Crippen molar-refractivity contribution in [2.24, 2.45) is 4.99 Å². The number of aliphatic imine (C=N–C) groups is 1. The molecule has 3 aromatic rings. The van der Waals surface area contributed by atoms with E-state index in [2.05, 4.69) is 49.9 Å². The number of halogens is 1. The molecule has 0 fully saturated rings. The van der Waals surface area contributed by atoms with Crippen LogP contribution in [0.5, 0.6) is 11.5 Å². The van der Waals surface area contributed by atoms with Gasteiger partial charge in [0.15, 0.2) is 0 Å². The molecule has 0 N–H and O–H groups in total. The number of fused-ring (bicyclic) bond motifs is 1. The van der Waals surface area contributed by atoms with Crippen LogP contribution >= 0.6 is 11.6 Å². The van der Waals surface area contributed by atoms with Crippen LogP contribution in [0.3, 0.4) is 0 Å². The molecular weight excluding hydrogens is 404 g/mol. The van der Waals surface area contributed by atoms with E-state index in [1.807, 2.05) is 67.7 Å². The van der Waals surface area contributed by atoms with Crippen LogP contribution in [0.4, 0.5) is 11.4 Å². The van der Waals surface area contributed by atoms with Gasteiger partial charge in [0.2, 0.25) is 0 Å². The normalized spacial score (nSPS) is 15.0. The molecule has 0 amide bonds. The molecule has 0 unspecified atom stereocenters. The highest BCUT2D eigenvalue weighted by molar-refractivity contribution is 6.33. The van der Waals surface area contributed by atoms with Crippen LogP contribution in [0.1, 0.15) is 37.5 Å². The van der Waals surface area contributed by atoms with Gasteiger partial charge in [0.1, 0.15) is 11.5 Å². The second-order valence-electron chi connectivity index (χ2n) is 8.55. The van der Waals surface area contributed by atoms with Crippen LogP contribution in [0.15, 0.2) is 71.7 Å². The Morgan fingerprint density at radius 2 is 1.71 bits per heavy atom. The van der Waals surface area contributed by atoms with E-state index < -0.39 is 0 Å². The number of aryl methyl sites for hydroxylation is 1. The first kappa shape index (κ1) is 21.2. The zero-order valence-corrected chi connectivity index (χ0v) is 19.4. The molecule has 4 heteroatoms. The Kier molecular flexibility index (Phi) is 5.63. The molecule has 0 aliphatic carbocycles. The van der Waals surface area contributed by atoms with E-state index in [0.717, 1.165) is 34.0 Å². The van der Waals surface area contributed by atoms with E-state index >= 15 is 0 Å². The number of allylic oxidation sites excluding steroid dienone is 1. The summed E-state index contributed by atoms with van der Waals surface area (Å²) in [5.41, 5.74) is 6.39. The number of hydrogen-bond donors (Lipinski definition) is 0. The summed E-state index contributed by atoms with van der Waals surface area (Å²) in [6.45, 7) is 8.59. The van der Waals surface area contributed by atoms with Gasteiger partial charge in [-0.05, 0) is 81.3 Å². The highest BCUT2D eigenvalue weighted by Gasteiger charge is 2.29. The molecule has 0 saturated heterocycles. The maximum absolute atomic E-state index is 6.61. The lowest BCUT2D eigenvalue weighted by atomic mass is 9.88. The molecule has 0 radical (unpaired) electrons. The first-order valence-corrected chi connectivity index (χ1v) is 10.8. The number of nitrogens with zero attached hydrogens (tertiary/aromatic N) is 2. The van der Waals surface area contributed by atoms with Crippen molar-refractivity contribution in [1.29, 1.82) is 0 Å². The topological polar surface area (TPSA) is 24.8 Å². The molecule has 31 heavy (non-hydrogen) atoms. The summed E-state index contributed by atoms with van der Waals surface area (Å²) in [6.07, 6.45) is 4.12. The number of rotatable bonds is 4. The molecule has 3 aromatic carbocycles. The third-order valence-corrected chi connectivity index (χ3v) is 6.17. The molecule has 1 aliphatic heterocycles. The molecule has 3 nitrogen and oxygen atoms in total. The minimum Gasteiger partial charge on any atom is -0.457 e. The van der Waals surface area contributed by atoms with Crippen molar-refractivity contribution < 1.29 is 4.74 Å². The SMILES string of the molecule is CC1=CC(C)(C)N(C)c2cc(Cl)c(C=Nc3ccc(Oc4ccccc4C)cc3)cc21. The number of para-hydroxylation sites is 1. The van der Waals surface area contributed by atoms with Gasteiger partial charge in [0.05, 0.1) is 16.2 Å². The molecule has 0 bridgehead atoms. The predicted octanol–water partition coefficient (Wildman–Crippen LogP) is 7.82. The van der Waals surface area contributed by atoms with Crippen LogP contribution in [0.25, 0.3) is 5.57 Å². The van der Waals surface area contributed by atoms with Gasteiger partial charge in [-0.1, -0.05) is 35.9 Å². The second-order valence-corrected chi connectivity index (χ2v) is 8.96. The fourth-order valence-electron chi connectivity index (χ4n) is 3.83. The molecule has 0 atom stereocenters. The van der Waals surface area contributed by atoms with Crippen LogP contribution in [-0.2, 0) is 0 Å². The van der Waals surface area contributed by atoms with Crippen LogP contribution in [-0.4, -0.2) is 18.8 Å². The Morgan fingerprint density at radius 1 is 1.00 bits per heavy atom. The number of hydrogen-bond acceptors (Lipinski definition) is 3. The zero-order chi connectivity index (χ0) is 22.2. The Labute approximate surface area is 189 Å². The van der Waals surface area contributed by atoms with E-state index in [-0.39, 0.29) is 5.54 Å². The van der Waals surface area contributed by atoms with Gasteiger partial charge in [-0.3, -0.25) is 4.99 Å². The monoisotopic (exact) mass is 430 g/mol. The Bertz CT molecular complexity index is 1180. The average Bonchev–Trinajstić information content (AvgIpc) is 2.73. The predicted molar refractivity (Wildman–Crippen MR) is 133 cm³/mol. The molecule has 0 saturated carbocycles. The summed E-state index contributed by atoms with van der Waals surface area (Å²) < 4.78 is 5.96. The zero-order valence-electron chi connectivity index (χ0n) is 18.6. The lowest BCUT2D eigenvalue weighted by Gasteiger charge is -2.40. The van der Waals surface area contributed by atoms with E-state index in [0.29, 0.717) is 5.02 Å². The lowest BCUT2D eigenvalue weighted by molar-refractivity contribution is 0.479. The Balaban J connectivity index is 1.55. The van der Waals surface area contributed by atoms with Gasteiger partial charge >= 0.3 is 0 Å². The molecule has 0 spiro atoms. The quantitative estimate of drug-likeness (QED) is 0.394. The standard InChI is InChI=1S/C27H27ClN2O/c1-18-8-6-7-9-26(18)31-22-12-10-21(11-13-22)29-17-20-14-23-19(2)16-27(3,4)30(5)25(23)15-24(20)28/h6-17H,1-5H3. The van der Waals surface area contributed by atoms with Gasteiger partial charge in [-0.15, -0.1) is 0 Å². The maximum Gasteiger partial charge on any atom is 0.130 e. The fourth-order valence-corrected chi connectivity index (χ4v) is 4.04. The maximum atomic E-state index is 6.61. The largest absolute Gasteiger partial charge is 0.457 e.